The van der Waals surface area contributed by atoms with Gasteiger partial charge in [-0.05, 0) is 37.1 Å². The predicted octanol–water partition coefficient (Wildman–Crippen LogP) is 3.03. The normalized spacial score (nSPS) is 18.6. The number of likely N-dealkylation sites (N-methyl/N-ethyl adjacent to an activating group) is 1. The monoisotopic (exact) mass is 484 g/mol. The highest BCUT2D eigenvalue weighted by Gasteiger charge is 2.34. The lowest BCUT2D eigenvalue weighted by Gasteiger charge is -2.37. The molecule has 0 aliphatic carbocycles. The Labute approximate surface area is 207 Å². The molecule has 0 bridgehead atoms. The van der Waals surface area contributed by atoms with Crippen molar-refractivity contribution in [2.24, 2.45) is 5.92 Å². The van der Waals surface area contributed by atoms with Crippen LogP contribution in [0.1, 0.15) is 37.6 Å². The molecule has 2 heterocycles. The van der Waals surface area contributed by atoms with Crippen LogP contribution >= 0.6 is 0 Å². The molecule has 0 saturated heterocycles. The van der Waals surface area contributed by atoms with Crippen LogP contribution in [-0.4, -0.2) is 84.4 Å². The average Bonchev–Trinajstić information content (AvgIpc) is 2.88. The number of nitrogens with one attached hydrogen (secondary N) is 1. The summed E-state index contributed by atoms with van der Waals surface area (Å²) in [5.41, 5.74) is 1.98. The summed E-state index contributed by atoms with van der Waals surface area (Å²) in [7, 11) is 3.33. The summed E-state index contributed by atoms with van der Waals surface area (Å²) in [6.45, 7) is 6.92. The molecule has 190 valence electrons. The number of aliphatic hydroxyl groups excluding tert-OH is 1. The van der Waals surface area contributed by atoms with Crippen LogP contribution < -0.4 is 14.8 Å². The number of methoxy groups -OCH3 is 1. The molecule has 2 N–H and O–H groups in total. The summed E-state index contributed by atoms with van der Waals surface area (Å²) in [5, 5.41) is 12.7. The SMILES string of the molecule is CCCNC(=O)N(C)C[C@@H]1Oc2ncc(-c3ccc(OC)cc3)cc2C(=O)N([C@@H](C)CO)C[C@H]1C. The Balaban J connectivity index is 1.96. The van der Waals surface area contributed by atoms with Crippen molar-refractivity contribution in [1.29, 1.82) is 0 Å². The molecule has 9 nitrogen and oxygen atoms in total. The van der Waals surface area contributed by atoms with Gasteiger partial charge >= 0.3 is 6.03 Å². The van der Waals surface area contributed by atoms with E-state index in [-0.39, 0.29) is 36.4 Å². The van der Waals surface area contributed by atoms with Gasteiger partial charge in [-0.15, -0.1) is 0 Å². The molecule has 1 aromatic heterocycles. The van der Waals surface area contributed by atoms with Gasteiger partial charge in [0.1, 0.15) is 17.4 Å². The number of benzene rings is 1. The van der Waals surface area contributed by atoms with Crippen molar-refractivity contribution in [3.8, 4) is 22.8 Å². The molecule has 1 aromatic carbocycles. The van der Waals surface area contributed by atoms with E-state index in [9.17, 15) is 14.7 Å². The number of ether oxygens (including phenoxy) is 2. The summed E-state index contributed by atoms with van der Waals surface area (Å²) >= 11 is 0. The van der Waals surface area contributed by atoms with Gasteiger partial charge in [0.05, 0.1) is 26.3 Å². The minimum absolute atomic E-state index is 0.106. The van der Waals surface area contributed by atoms with E-state index in [4.69, 9.17) is 9.47 Å². The molecule has 0 fully saturated rings. The molecule has 3 amide bonds. The molecular formula is C26H36N4O5. The van der Waals surface area contributed by atoms with Crippen LogP contribution in [0, 0.1) is 5.92 Å². The van der Waals surface area contributed by atoms with Crippen LogP contribution in [0.4, 0.5) is 4.79 Å². The number of carbonyl (C=O) groups excluding carboxylic acids is 2. The molecule has 1 aliphatic heterocycles. The Hall–Kier alpha value is -3.33. The first kappa shape index (κ1) is 26.3. The van der Waals surface area contributed by atoms with Crippen molar-refractivity contribution in [1.82, 2.24) is 20.1 Å². The van der Waals surface area contributed by atoms with E-state index in [0.717, 1.165) is 23.3 Å². The molecular weight excluding hydrogens is 448 g/mol. The van der Waals surface area contributed by atoms with Gasteiger partial charge in [-0.3, -0.25) is 4.79 Å². The second-order valence-electron chi connectivity index (χ2n) is 9.04. The largest absolute Gasteiger partial charge is 0.497 e. The van der Waals surface area contributed by atoms with Gasteiger partial charge in [-0.2, -0.15) is 0 Å². The van der Waals surface area contributed by atoms with Crippen LogP contribution in [-0.2, 0) is 0 Å². The number of aliphatic hydroxyl groups is 1. The van der Waals surface area contributed by atoms with Gasteiger partial charge in [-0.25, -0.2) is 9.78 Å². The fraction of sp³-hybridized carbons (Fsp3) is 0.500. The fourth-order valence-electron chi connectivity index (χ4n) is 3.98. The van der Waals surface area contributed by atoms with Crippen molar-refractivity contribution in [3.63, 3.8) is 0 Å². The van der Waals surface area contributed by atoms with Crippen LogP contribution in [0.25, 0.3) is 11.1 Å². The third-order valence-electron chi connectivity index (χ3n) is 6.27. The molecule has 9 heteroatoms. The molecule has 1 aliphatic rings. The van der Waals surface area contributed by atoms with Crippen LogP contribution in [0.5, 0.6) is 11.6 Å². The number of hydrogen-bond acceptors (Lipinski definition) is 6. The smallest absolute Gasteiger partial charge is 0.317 e. The highest BCUT2D eigenvalue weighted by Crippen LogP contribution is 2.31. The lowest BCUT2D eigenvalue weighted by atomic mass is 9.99. The molecule has 2 aromatic rings. The number of fused-ring (bicyclic) bond motifs is 1. The maximum atomic E-state index is 13.6. The molecule has 3 atom stereocenters. The summed E-state index contributed by atoms with van der Waals surface area (Å²) in [5.74, 6) is 0.606. The van der Waals surface area contributed by atoms with E-state index in [1.165, 1.54) is 0 Å². The van der Waals surface area contributed by atoms with Crippen LogP contribution in [0.3, 0.4) is 0 Å². The Morgan fingerprint density at radius 1 is 1.34 bits per heavy atom. The Morgan fingerprint density at radius 3 is 2.69 bits per heavy atom. The second kappa shape index (κ2) is 11.9. The molecule has 0 unspecified atom stereocenters. The maximum Gasteiger partial charge on any atom is 0.317 e. The average molecular weight is 485 g/mol. The lowest BCUT2D eigenvalue weighted by molar-refractivity contribution is 0.0352. The number of rotatable bonds is 8. The number of nitrogens with zero attached hydrogens (tertiary/aromatic N) is 3. The van der Waals surface area contributed by atoms with Crippen molar-refractivity contribution < 1.29 is 24.2 Å². The first-order chi connectivity index (χ1) is 16.8. The molecule has 0 radical (unpaired) electrons. The second-order valence-corrected chi connectivity index (χ2v) is 9.04. The van der Waals surface area contributed by atoms with E-state index in [0.29, 0.717) is 25.2 Å². The van der Waals surface area contributed by atoms with Crippen LogP contribution in [0.2, 0.25) is 0 Å². The summed E-state index contributed by atoms with van der Waals surface area (Å²) < 4.78 is 11.5. The van der Waals surface area contributed by atoms with E-state index >= 15 is 0 Å². The zero-order valence-electron chi connectivity index (χ0n) is 21.2. The summed E-state index contributed by atoms with van der Waals surface area (Å²) in [6, 6.07) is 8.72. The van der Waals surface area contributed by atoms with E-state index < -0.39 is 6.10 Å². The van der Waals surface area contributed by atoms with Gasteiger partial charge in [0.15, 0.2) is 0 Å². The third kappa shape index (κ3) is 6.22. The number of hydrogen-bond donors (Lipinski definition) is 2. The fourth-order valence-corrected chi connectivity index (χ4v) is 3.98. The highest BCUT2D eigenvalue weighted by molar-refractivity contribution is 5.98. The Bertz CT molecular complexity index is 1010. The quantitative estimate of drug-likeness (QED) is 0.597. The first-order valence-electron chi connectivity index (χ1n) is 12.0. The third-order valence-corrected chi connectivity index (χ3v) is 6.27. The number of urea groups is 1. The van der Waals surface area contributed by atoms with E-state index in [2.05, 4.69) is 10.3 Å². The Morgan fingerprint density at radius 2 is 2.06 bits per heavy atom. The molecule has 0 saturated carbocycles. The number of amides is 3. The van der Waals surface area contributed by atoms with Crippen LogP contribution in [0.15, 0.2) is 36.5 Å². The minimum atomic E-state index is -0.396. The van der Waals surface area contributed by atoms with Crippen molar-refractivity contribution in [2.75, 3.05) is 40.4 Å². The van der Waals surface area contributed by atoms with Gasteiger partial charge in [0, 0.05) is 37.8 Å². The standard InChI is InChI=1S/C26H36N4O5/c1-6-11-27-26(33)29(4)15-23-17(2)14-30(18(3)16-31)25(32)22-12-20(13-28-24(22)35-23)19-7-9-21(34-5)10-8-19/h7-10,12-13,17-18,23,31H,6,11,14-16H2,1-5H3,(H,27,33)/t17-,18+,23+/m1/s1. The summed E-state index contributed by atoms with van der Waals surface area (Å²) in [6.07, 6.45) is 2.13. The zero-order valence-corrected chi connectivity index (χ0v) is 21.2. The van der Waals surface area contributed by atoms with Gasteiger partial charge in [0.2, 0.25) is 5.88 Å². The number of carbonyl (C=O) groups is 2. The maximum absolute atomic E-state index is 13.6. The van der Waals surface area contributed by atoms with Crippen molar-refractivity contribution in [2.45, 2.75) is 39.3 Å². The van der Waals surface area contributed by atoms with Gasteiger partial charge in [0.25, 0.3) is 5.91 Å². The predicted molar refractivity (Wildman–Crippen MR) is 134 cm³/mol. The lowest BCUT2D eigenvalue weighted by Crippen LogP contribution is -2.51. The minimum Gasteiger partial charge on any atom is -0.497 e. The van der Waals surface area contributed by atoms with Gasteiger partial charge in [-0.1, -0.05) is 26.0 Å². The zero-order chi connectivity index (χ0) is 25.5. The highest BCUT2D eigenvalue weighted by atomic mass is 16.5. The van der Waals surface area contributed by atoms with E-state index in [1.807, 2.05) is 45.0 Å². The van der Waals surface area contributed by atoms with Crippen molar-refractivity contribution >= 4 is 11.9 Å². The van der Waals surface area contributed by atoms with Crippen molar-refractivity contribution in [3.05, 3.63) is 42.1 Å². The first-order valence-corrected chi connectivity index (χ1v) is 12.0. The van der Waals surface area contributed by atoms with Gasteiger partial charge < -0.3 is 29.7 Å². The molecule has 0 spiro atoms. The number of aromatic nitrogens is 1. The molecule has 35 heavy (non-hydrogen) atoms. The topological polar surface area (TPSA) is 104 Å². The molecule has 3 rings (SSSR count). The van der Waals surface area contributed by atoms with E-state index in [1.54, 1.807) is 36.2 Å². The summed E-state index contributed by atoms with van der Waals surface area (Å²) in [4.78, 5) is 33.8. The Kier molecular flexibility index (Phi) is 8.92. The number of pyridine rings is 1.